The van der Waals surface area contributed by atoms with Crippen LogP contribution in [0.5, 0.6) is 0 Å². The van der Waals surface area contributed by atoms with Crippen LogP contribution in [0, 0.1) is 0 Å². The summed E-state index contributed by atoms with van der Waals surface area (Å²) in [4.78, 5) is 14.6. The van der Waals surface area contributed by atoms with Crippen LogP contribution in [0.4, 0.5) is 0 Å². The van der Waals surface area contributed by atoms with E-state index in [-0.39, 0.29) is 20.7 Å². The monoisotopic (exact) mass is 658 g/mol. The van der Waals surface area contributed by atoms with Crippen LogP contribution >= 0.6 is 15.9 Å². The van der Waals surface area contributed by atoms with Gasteiger partial charge in [-0.2, -0.15) is 0 Å². The van der Waals surface area contributed by atoms with E-state index in [0.717, 1.165) is 13.2 Å². The van der Waals surface area contributed by atoms with E-state index in [9.17, 15) is 4.79 Å². The Bertz CT molecular complexity index is 1400. The molecule has 36 heavy (non-hydrogen) atoms. The normalized spacial score (nSPS) is 11.1. The Morgan fingerprint density at radius 1 is 0.528 bits per heavy atom. The SMILES string of the molecule is O=C(C([Se]c1ccccc1)=[As](c1ccccc1)(c1ccccc1)c1ccccc1)c1ccc(Br)cc1. The molecule has 0 radical (unpaired) electrons. The maximum absolute atomic E-state index is 14.6. The number of ketones is 1. The topological polar surface area (TPSA) is 17.1 Å². The van der Waals surface area contributed by atoms with E-state index >= 15 is 0 Å². The van der Waals surface area contributed by atoms with Crippen molar-refractivity contribution >= 4 is 70.5 Å². The first-order valence-electron chi connectivity index (χ1n) is 11.7. The Hall–Kier alpha value is -2.80. The molecule has 0 N–H and O–H groups in total. The van der Waals surface area contributed by atoms with Crippen molar-refractivity contribution in [2.24, 2.45) is 0 Å². The molecule has 4 heteroatoms. The molecule has 0 bridgehead atoms. The predicted octanol–water partition coefficient (Wildman–Crippen LogP) is 4.54. The first-order valence-corrected chi connectivity index (χ1v) is 17.9. The Kier molecular flexibility index (Phi) is 7.95. The second-order valence-electron chi connectivity index (χ2n) is 8.23. The number of hydrogen-bond acceptors (Lipinski definition) is 1. The molecule has 0 spiro atoms. The molecule has 0 aliphatic carbocycles. The summed E-state index contributed by atoms with van der Waals surface area (Å²) in [6.45, 7) is 0. The van der Waals surface area contributed by atoms with Crippen LogP contribution in [0.3, 0.4) is 0 Å². The third-order valence-corrected chi connectivity index (χ3v) is 20.8. The second kappa shape index (κ2) is 11.5. The molecule has 1 nitrogen and oxygen atoms in total. The van der Waals surface area contributed by atoms with Crippen LogP contribution in [-0.2, 0) is 0 Å². The predicted molar refractivity (Wildman–Crippen MR) is 159 cm³/mol. The second-order valence-corrected chi connectivity index (χ2v) is 19.9. The number of Topliss-reactive ketones (excluding diaryl/α,β-unsaturated/α-hetero) is 1. The van der Waals surface area contributed by atoms with Crippen LogP contribution in [-0.4, -0.2) is 37.1 Å². The summed E-state index contributed by atoms with van der Waals surface area (Å²) < 4.78 is 7.00. The number of halogens is 1. The van der Waals surface area contributed by atoms with Crippen molar-refractivity contribution in [1.82, 2.24) is 0 Å². The zero-order chi connectivity index (χ0) is 24.8. The van der Waals surface area contributed by atoms with Gasteiger partial charge in [-0.25, -0.2) is 0 Å². The molecule has 0 atom stereocenters. The summed E-state index contributed by atoms with van der Waals surface area (Å²) >= 11 is -0.0619. The molecule has 0 aromatic heterocycles. The van der Waals surface area contributed by atoms with E-state index in [1.807, 2.05) is 30.3 Å². The van der Waals surface area contributed by atoms with E-state index < -0.39 is 13.1 Å². The van der Waals surface area contributed by atoms with E-state index in [4.69, 9.17) is 0 Å². The quantitative estimate of drug-likeness (QED) is 0.186. The Morgan fingerprint density at radius 3 is 1.33 bits per heavy atom. The van der Waals surface area contributed by atoms with E-state index in [2.05, 4.69) is 131 Å². The summed E-state index contributed by atoms with van der Waals surface area (Å²) in [6, 6.07) is 50.4. The summed E-state index contributed by atoms with van der Waals surface area (Å²) in [7, 11) is 0. The van der Waals surface area contributed by atoms with Crippen LogP contribution in [0.15, 0.2) is 150 Å². The fourth-order valence-electron chi connectivity index (χ4n) is 4.35. The van der Waals surface area contributed by atoms with Gasteiger partial charge in [0.15, 0.2) is 0 Å². The third-order valence-electron chi connectivity index (χ3n) is 5.99. The molecule has 0 amide bonds. The van der Waals surface area contributed by atoms with Crippen molar-refractivity contribution in [2.45, 2.75) is 0 Å². The Morgan fingerprint density at radius 2 is 0.917 bits per heavy atom. The summed E-state index contributed by atoms with van der Waals surface area (Å²) in [5, 5.41) is 0. The maximum atomic E-state index is 14.6. The van der Waals surface area contributed by atoms with E-state index in [1.165, 1.54) is 17.5 Å². The molecule has 0 fully saturated rings. The van der Waals surface area contributed by atoms with Gasteiger partial charge in [0.1, 0.15) is 0 Å². The Balaban J connectivity index is 1.96. The van der Waals surface area contributed by atoms with Crippen molar-refractivity contribution in [3.63, 3.8) is 0 Å². The van der Waals surface area contributed by atoms with Gasteiger partial charge in [0.25, 0.3) is 0 Å². The van der Waals surface area contributed by atoms with Crippen LogP contribution in [0.25, 0.3) is 0 Å². The number of carbonyl (C=O) groups is 1. The van der Waals surface area contributed by atoms with Crippen LogP contribution in [0.2, 0.25) is 0 Å². The van der Waals surface area contributed by atoms with Gasteiger partial charge in [-0.3, -0.25) is 0 Å². The molecule has 0 aliphatic rings. The molecule has 0 aliphatic heterocycles. The molecule has 5 aromatic rings. The van der Waals surface area contributed by atoms with Gasteiger partial charge in [0.2, 0.25) is 0 Å². The minimum atomic E-state index is -3.43. The van der Waals surface area contributed by atoms with Gasteiger partial charge >= 0.3 is 231 Å². The van der Waals surface area contributed by atoms with Gasteiger partial charge < -0.3 is 0 Å². The standard InChI is InChI=1S/C32H24AsBrOSe/c34-29-23-21-25(22-24-29)31(35)32(36-30-19-11-4-12-20-30)33(26-13-5-1-6-14-26,27-15-7-2-8-16-27)28-17-9-3-10-18-28/h1-24H. The van der Waals surface area contributed by atoms with Crippen molar-refractivity contribution in [1.29, 1.82) is 0 Å². The number of hydrogen-bond donors (Lipinski definition) is 0. The van der Waals surface area contributed by atoms with Crippen molar-refractivity contribution in [3.8, 4) is 0 Å². The zero-order valence-electron chi connectivity index (χ0n) is 19.5. The Labute approximate surface area is 229 Å². The fourth-order valence-corrected chi connectivity index (χ4v) is 20.7. The molecule has 0 saturated carbocycles. The van der Waals surface area contributed by atoms with Crippen molar-refractivity contribution in [2.75, 3.05) is 0 Å². The molecule has 176 valence electrons. The molecule has 5 rings (SSSR count). The number of benzene rings is 5. The first-order chi connectivity index (χ1) is 17.7. The molecular formula is C32H24AsBrOSe. The average molecular weight is 658 g/mol. The summed E-state index contributed by atoms with van der Waals surface area (Å²) in [5.41, 5.74) is 0.736. The van der Waals surface area contributed by atoms with Gasteiger partial charge in [-0.1, -0.05) is 0 Å². The van der Waals surface area contributed by atoms with Crippen LogP contribution < -0.4 is 17.5 Å². The number of carbonyl (C=O) groups excluding carboxylic acids is 1. The summed E-state index contributed by atoms with van der Waals surface area (Å²) in [6.07, 6.45) is 0. The third kappa shape index (κ3) is 5.03. The van der Waals surface area contributed by atoms with Crippen LogP contribution in [0.1, 0.15) is 10.4 Å². The van der Waals surface area contributed by atoms with Crippen molar-refractivity contribution in [3.05, 3.63) is 156 Å². The van der Waals surface area contributed by atoms with Gasteiger partial charge in [-0.15, -0.1) is 0 Å². The molecular weight excluding hydrogens is 634 g/mol. The van der Waals surface area contributed by atoms with Crippen molar-refractivity contribution < 1.29 is 4.79 Å². The molecule has 0 unspecified atom stereocenters. The minimum absolute atomic E-state index is 0.149. The first kappa shape index (κ1) is 24.9. The van der Waals surface area contributed by atoms with Gasteiger partial charge in [-0.05, 0) is 0 Å². The van der Waals surface area contributed by atoms with Gasteiger partial charge in [0.05, 0.1) is 0 Å². The summed E-state index contributed by atoms with van der Waals surface area (Å²) in [5.74, 6) is 0.149. The zero-order valence-corrected chi connectivity index (χ0v) is 24.7. The molecule has 0 saturated heterocycles. The molecule has 5 aromatic carbocycles. The van der Waals surface area contributed by atoms with E-state index in [1.54, 1.807) is 0 Å². The number of rotatable bonds is 7. The fraction of sp³-hybridized carbons (Fsp3) is 0. The van der Waals surface area contributed by atoms with Gasteiger partial charge in [0, 0.05) is 0 Å². The molecule has 0 heterocycles. The van der Waals surface area contributed by atoms with E-state index in [0.29, 0.717) is 0 Å². The average Bonchev–Trinajstić information content (AvgIpc) is 2.95.